The van der Waals surface area contributed by atoms with E-state index < -0.39 is 0 Å². The number of nitrogens with zero attached hydrogens (tertiary/aromatic N) is 3. The van der Waals surface area contributed by atoms with Crippen molar-refractivity contribution in [3.63, 3.8) is 0 Å². The average Bonchev–Trinajstić information content (AvgIpc) is 2.18. The van der Waals surface area contributed by atoms with Crippen molar-refractivity contribution in [2.75, 3.05) is 18.1 Å². The van der Waals surface area contributed by atoms with Crippen LogP contribution in [0.5, 0.6) is 0 Å². The molecule has 0 radical (unpaired) electrons. The second-order valence-corrected chi connectivity index (χ2v) is 3.93. The molecule has 0 saturated carbocycles. The molecule has 1 heterocycles. The number of hydrogen-bond donors (Lipinski definition) is 1. The van der Waals surface area contributed by atoms with Gasteiger partial charge in [-0.25, -0.2) is 4.98 Å². The molecular formula is C11H19N3O. The Bertz CT molecular complexity index is 326. The molecule has 1 N–H and O–H groups in total. The molecule has 0 bridgehead atoms. The summed E-state index contributed by atoms with van der Waals surface area (Å²) in [5, 5.41) is 9.02. The van der Waals surface area contributed by atoms with Gasteiger partial charge in [0.2, 0.25) is 0 Å². The summed E-state index contributed by atoms with van der Waals surface area (Å²) in [5.41, 5.74) is 1.81. The highest BCUT2D eigenvalue weighted by Crippen LogP contribution is 2.17. The highest BCUT2D eigenvalue weighted by atomic mass is 16.3. The second kappa shape index (κ2) is 5.07. The lowest BCUT2D eigenvalue weighted by molar-refractivity contribution is 0.298. The molecule has 4 heteroatoms. The molecule has 0 fully saturated rings. The molecule has 1 aromatic heterocycles. The van der Waals surface area contributed by atoms with Crippen LogP contribution in [-0.2, 0) is 0 Å². The van der Waals surface area contributed by atoms with Gasteiger partial charge in [0, 0.05) is 18.8 Å². The molecule has 0 spiro atoms. The summed E-state index contributed by atoms with van der Waals surface area (Å²) in [6.45, 7) is 8.75. The Kier molecular flexibility index (Phi) is 4.03. The Morgan fingerprint density at radius 3 is 2.60 bits per heavy atom. The van der Waals surface area contributed by atoms with Gasteiger partial charge >= 0.3 is 0 Å². The van der Waals surface area contributed by atoms with Gasteiger partial charge in [-0.15, -0.1) is 0 Å². The fraction of sp³-hybridized carbons (Fsp3) is 0.636. The number of aliphatic hydroxyl groups is 1. The van der Waals surface area contributed by atoms with E-state index in [1.807, 2.05) is 13.8 Å². The van der Waals surface area contributed by atoms with Gasteiger partial charge < -0.3 is 10.0 Å². The van der Waals surface area contributed by atoms with Gasteiger partial charge in [0.05, 0.1) is 18.0 Å². The van der Waals surface area contributed by atoms with Crippen LogP contribution in [0.25, 0.3) is 0 Å². The normalized spacial score (nSPS) is 10.8. The minimum atomic E-state index is 0.132. The summed E-state index contributed by atoms with van der Waals surface area (Å²) in [7, 11) is 0. The molecule has 0 aromatic carbocycles. The zero-order valence-electron chi connectivity index (χ0n) is 9.86. The topological polar surface area (TPSA) is 49.2 Å². The minimum absolute atomic E-state index is 0.132. The SMILES string of the molecule is Cc1cnc(C)c(N(CCO)C(C)C)n1. The van der Waals surface area contributed by atoms with Gasteiger partial charge in [0.15, 0.2) is 5.82 Å². The Morgan fingerprint density at radius 1 is 1.40 bits per heavy atom. The number of anilines is 1. The number of hydrogen-bond acceptors (Lipinski definition) is 4. The van der Waals surface area contributed by atoms with Crippen LogP contribution in [0, 0.1) is 13.8 Å². The maximum atomic E-state index is 9.02. The highest BCUT2D eigenvalue weighted by Gasteiger charge is 2.14. The molecule has 0 aliphatic carbocycles. The van der Waals surface area contributed by atoms with Crippen LogP contribution in [0.15, 0.2) is 6.20 Å². The second-order valence-electron chi connectivity index (χ2n) is 3.93. The van der Waals surface area contributed by atoms with Crippen LogP contribution in [-0.4, -0.2) is 34.3 Å². The van der Waals surface area contributed by atoms with Crippen LogP contribution < -0.4 is 4.90 Å². The van der Waals surface area contributed by atoms with E-state index in [9.17, 15) is 0 Å². The van der Waals surface area contributed by atoms with Gasteiger partial charge in [-0.2, -0.15) is 0 Å². The number of aromatic nitrogens is 2. The van der Waals surface area contributed by atoms with Gasteiger partial charge in [0.1, 0.15) is 0 Å². The molecule has 0 amide bonds. The van der Waals surface area contributed by atoms with Gasteiger partial charge in [-0.05, 0) is 27.7 Å². The number of aliphatic hydroxyl groups excluding tert-OH is 1. The monoisotopic (exact) mass is 209 g/mol. The van der Waals surface area contributed by atoms with Crippen molar-refractivity contribution < 1.29 is 5.11 Å². The summed E-state index contributed by atoms with van der Waals surface area (Å²) in [5.74, 6) is 0.874. The van der Waals surface area contributed by atoms with E-state index in [-0.39, 0.29) is 6.61 Å². The molecule has 1 rings (SSSR count). The first kappa shape index (κ1) is 11.9. The third-order valence-corrected chi connectivity index (χ3v) is 2.29. The van der Waals surface area contributed by atoms with E-state index in [1.54, 1.807) is 6.20 Å². The van der Waals surface area contributed by atoms with E-state index in [4.69, 9.17) is 5.11 Å². The first-order valence-corrected chi connectivity index (χ1v) is 5.24. The predicted molar refractivity (Wildman–Crippen MR) is 61.1 cm³/mol. The van der Waals surface area contributed by atoms with Crippen LogP contribution in [0.4, 0.5) is 5.82 Å². The van der Waals surface area contributed by atoms with Crippen molar-refractivity contribution in [2.24, 2.45) is 0 Å². The maximum Gasteiger partial charge on any atom is 0.150 e. The Labute approximate surface area is 91.0 Å². The lowest BCUT2D eigenvalue weighted by atomic mass is 10.3. The summed E-state index contributed by atoms with van der Waals surface area (Å²) in [6.07, 6.45) is 1.76. The lowest BCUT2D eigenvalue weighted by Gasteiger charge is -2.28. The zero-order valence-corrected chi connectivity index (χ0v) is 9.86. The Hall–Kier alpha value is -1.16. The summed E-state index contributed by atoms with van der Waals surface area (Å²) >= 11 is 0. The van der Waals surface area contributed by atoms with Crippen molar-refractivity contribution in [3.8, 4) is 0 Å². The van der Waals surface area contributed by atoms with Crippen LogP contribution in [0.2, 0.25) is 0 Å². The molecule has 0 aliphatic rings. The summed E-state index contributed by atoms with van der Waals surface area (Å²) < 4.78 is 0. The predicted octanol–water partition coefficient (Wildman–Crippen LogP) is 1.30. The van der Waals surface area contributed by atoms with E-state index in [1.165, 1.54) is 0 Å². The van der Waals surface area contributed by atoms with Gasteiger partial charge in [-0.3, -0.25) is 4.98 Å². The summed E-state index contributed by atoms with van der Waals surface area (Å²) in [4.78, 5) is 10.8. The lowest BCUT2D eigenvalue weighted by Crippen LogP contribution is -2.35. The molecule has 0 atom stereocenters. The highest BCUT2D eigenvalue weighted by molar-refractivity contribution is 5.44. The largest absolute Gasteiger partial charge is 0.395 e. The fourth-order valence-electron chi connectivity index (χ4n) is 1.51. The third kappa shape index (κ3) is 2.89. The molecular weight excluding hydrogens is 190 g/mol. The van der Waals surface area contributed by atoms with Crippen molar-refractivity contribution in [2.45, 2.75) is 33.7 Å². The van der Waals surface area contributed by atoms with Crippen molar-refractivity contribution in [1.29, 1.82) is 0 Å². The van der Waals surface area contributed by atoms with Crippen molar-refractivity contribution in [3.05, 3.63) is 17.6 Å². The van der Waals surface area contributed by atoms with Gasteiger partial charge in [0.25, 0.3) is 0 Å². The number of rotatable bonds is 4. The summed E-state index contributed by atoms with van der Waals surface area (Å²) in [6, 6.07) is 0.312. The maximum absolute atomic E-state index is 9.02. The van der Waals surface area contributed by atoms with Crippen LogP contribution in [0.1, 0.15) is 25.2 Å². The Balaban J connectivity index is 3.04. The zero-order chi connectivity index (χ0) is 11.4. The van der Waals surface area contributed by atoms with Crippen molar-refractivity contribution in [1.82, 2.24) is 9.97 Å². The molecule has 0 unspecified atom stereocenters. The number of aryl methyl sites for hydroxylation is 2. The molecule has 15 heavy (non-hydrogen) atoms. The molecule has 4 nitrogen and oxygen atoms in total. The Morgan fingerprint density at radius 2 is 2.07 bits per heavy atom. The first-order chi connectivity index (χ1) is 7.06. The molecule has 84 valence electrons. The molecule has 1 aromatic rings. The standard InChI is InChI=1S/C11H19N3O/c1-8(2)14(5-6-15)11-10(4)12-7-9(3)13-11/h7-8,15H,5-6H2,1-4H3. The van der Waals surface area contributed by atoms with Crippen LogP contribution >= 0.6 is 0 Å². The van der Waals surface area contributed by atoms with E-state index in [2.05, 4.69) is 28.7 Å². The smallest absolute Gasteiger partial charge is 0.150 e. The van der Waals surface area contributed by atoms with Crippen LogP contribution in [0.3, 0.4) is 0 Å². The quantitative estimate of drug-likeness (QED) is 0.812. The van der Waals surface area contributed by atoms with E-state index in [0.29, 0.717) is 12.6 Å². The van der Waals surface area contributed by atoms with E-state index in [0.717, 1.165) is 17.2 Å². The molecule has 0 saturated heterocycles. The van der Waals surface area contributed by atoms with Gasteiger partial charge in [-0.1, -0.05) is 0 Å². The third-order valence-electron chi connectivity index (χ3n) is 2.29. The fourth-order valence-corrected chi connectivity index (χ4v) is 1.51. The average molecular weight is 209 g/mol. The van der Waals surface area contributed by atoms with Crippen molar-refractivity contribution >= 4 is 5.82 Å². The first-order valence-electron chi connectivity index (χ1n) is 5.24. The van der Waals surface area contributed by atoms with E-state index >= 15 is 0 Å². The minimum Gasteiger partial charge on any atom is -0.395 e. The molecule has 0 aliphatic heterocycles.